The molecule has 42 heavy (non-hydrogen) atoms. The zero-order chi connectivity index (χ0) is 30.4. The summed E-state index contributed by atoms with van der Waals surface area (Å²) in [5, 5.41) is 25.3. The zero-order valence-corrected chi connectivity index (χ0v) is 23.9. The van der Waals surface area contributed by atoms with Crippen LogP contribution >= 0.6 is 0 Å². The predicted molar refractivity (Wildman–Crippen MR) is 155 cm³/mol. The molecule has 0 aliphatic rings. The molecule has 2 heterocycles. The van der Waals surface area contributed by atoms with Gasteiger partial charge in [-0.2, -0.15) is 4.31 Å². The van der Waals surface area contributed by atoms with Crippen molar-refractivity contribution in [3.05, 3.63) is 82.9 Å². The maximum absolute atomic E-state index is 13.6. The Kier molecular flexibility index (Phi) is 9.45. The lowest BCUT2D eigenvalue weighted by Crippen LogP contribution is -2.51. The highest BCUT2D eigenvalue weighted by molar-refractivity contribution is 7.89. The van der Waals surface area contributed by atoms with Crippen molar-refractivity contribution in [2.75, 3.05) is 18.8 Å². The first-order valence-corrected chi connectivity index (χ1v) is 14.6. The number of nitrogens with two attached hydrogens (primary N) is 1. The lowest BCUT2D eigenvalue weighted by atomic mass is 10.0. The van der Waals surface area contributed by atoms with E-state index in [0.29, 0.717) is 11.2 Å². The number of imidazole rings is 1. The second-order valence-corrected chi connectivity index (χ2v) is 12.1. The summed E-state index contributed by atoms with van der Waals surface area (Å²) in [6.07, 6.45) is 1.60. The normalized spacial score (nSPS) is 13.4. The third-order valence-corrected chi connectivity index (χ3v) is 8.34. The highest BCUT2D eigenvalue weighted by atomic mass is 32.2. The number of nitro benzene ring substituents is 1. The van der Waals surface area contributed by atoms with Gasteiger partial charge in [-0.25, -0.2) is 23.4 Å². The van der Waals surface area contributed by atoms with Crippen LogP contribution in [0, 0.1) is 16.0 Å². The topological polar surface area (TPSA) is 199 Å². The second-order valence-electron chi connectivity index (χ2n) is 10.2. The molecule has 4 rings (SSSR count). The summed E-state index contributed by atoms with van der Waals surface area (Å²) in [5.74, 6) is -0.382. The minimum absolute atomic E-state index is 0.0739. The summed E-state index contributed by atoms with van der Waals surface area (Å²) in [5.41, 5.74) is 7.15. The van der Waals surface area contributed by atoms with Gasteiger partial charge in [0.25, 0.3) is 5.69 Å². The second kappa shape index (κ2) is 13.0. The van der Waals surface area contributed by atoms with Crippen molar-refractivity contribution in [3.8, 4) is 0 Å². The van der Waals surface area contributed by atoms with Crippen LogP contribution < -0.4 is 11.1 Å². The Hall–Kier alpha value is -4.47. The lowest BCUT2D eigenvalue weighted by Gasteiger charge is -2.30. The van der Waals surface area contributed by atoms with Gasteiger partial charge in [-0.3, -0.25) is 14.9 Å². The molecule has 0 aliphatic carbocycles. The van der Waals surface area contributed by atoms with Crippen LogP contribution in [0.15, 0.2) is 72.1 Å². The van der Waals surface area contributed by atoms with Crippen LogP contribution in [0.1, 0.15) is 19.4 Å². The smallest absolute Gasteiger partial charge is 0.269 e. The predicted octanol–water partition coefficient (Wildman–Crippen LogP) is 1.75. The highest BCUT2D eigenvalue weighted by Crippen LogP contribution is 2.22. The Labute approximate surface area is 242 Å². The molecule has 0 aliphatic heterocycles. The minimum Gasteiger partial charge on any atom is -0.390 e. The quantitative estimate of drug-likeness (QED) is 0.151. The number of nitro groups is 1. The average molecular weight is 597 g/mol. The third-order valence-electron chi connectivity index (χ3n) is 6.50. The maximum atomic E-state index is 13.6. The number of nitrogens with one attached hydrogen (secondary N) is 1. The van der Waals surface area contributed by atoms with Gasteiger partial charge < -0.3 is 20.7 Å². The number of sulfonamides is 1. The standard InChI is InChI=1S/C27H32N8O6S/c1-18(2)13-34(42(40,41)21-10-8-20(9-11-21)35(38)39)14-23(36)22(12-19-6-4-3-5-7-19)32-24(37)15-33-17-31-25-26(28)29-16-30-27(25)33/h3-11,16-18,22-23,36H,12-15H2,1-2H3,(H,32,37)(H2,28,29,30)/t22-,23+/m0/s1. The molecule has 2 aromatic carbocycles. The average Bonchev–Trinajstić information content (AvgIpc) is 3.36. The number of amides is 1. The number of benzene rings is 2. The first-order valence-electron chi connectivity index (χ1n) is 13.1. The number of aliphatic hydroxyl groups excluding tert-OH is 1. The van der Waals surface area contributed by atoms with Crippen LogP contribution in [0.2, 0.25) is 0 Å². The number of carbonyl (C=O) groups is 1. The van der Waals surface area contributed by atoms with Crippen molar-refractivity contribution in [1.82, 2.24) is 29.1 Å². The maximum Gasteiger partial charge on any atom is 0.269 e. The molecule has 0 radical (unpaired) electrons. The molecule has 2 atom stereocenters. The summed E-state index contributed by atoms with van der Waals surface area (Å²) >= 11 is 0. The molecule has 15 heteroatoms. The molecule has 4 aromatic rings. The SMILES string of the molecule is CC(C)CN(C[C@@H](O)[C@H](Cc1ccccc1)NC(=O)Cn1cnc2c(N)ncnc21)S(=O)(=O)c1ccc([N+](=O)[O-])cc1. The Morgan fingerprint density at radius 1 is 1.10 bits per heavy atom. The number of aromatic nitrogens is 4. The molecule has 0 fully saturated rings. The van der Waals surface area contributed by atoms with Crippen molar-refractivity contribution >= 4 is 38.6 Å². The molecule has 2 aromatic heterocycles. The number of nitrogens with zero attached hydrogens (tertiary/aromatic N) is 6. The minimum atomic E-state index is -4.14. The van der Waals surface area contributed by atoms with E-state index in [0.717, 1.165) is 22.0 Å². The molecule has 1 amide bonds. The van der Waals surface area contributed by atoms with Gasteiger partial charge in [0.2, 0.25) is 15.9 Å². The fourth-order valence-corrected chi connectivity index (χ4v) is 6.10. The largest absolute Gasteiger partial charge is 0.390 e. The van der Waals surface area contributed by atoms with Gasteiger partial charge >= 0.3 is 0 Å². The fourth-order valence-electron chi connectivity index (χ4n) is 4.48. The van der Waals surface area contributed by atoms with E-state index in [9.17, 15) is 28.4 Å². The molecule has 0 saturated carbocycles. The molecule has 0 bridgehead atoms. The molecule has 222 valence electrons. The summed E-state index contributed by atoms with van der Waals surface area (Å²) in [4.78, 5) is 35.7. The lowest BCUT2D eigenvalue weighted by molar-refractivity contribution is -0.384. The Morgan fingerprint density at radius 3 is 2.43 bits per heavy atom. The number of aliphatic hydroxyl groups is 1. The number of hydrogen-bond donors (Lipinski definition) is 3. The number of non-ortho nitro benzene ring substituents is 1. The van der Waals surface area contributed by atoms with Crippen LogP contribution in [-0.2, 0) is 27.8 Å². The molecule has 0 saturated heterocycles. The first-order chi connectivity index (χ1) is 20.0. The Morgan fingerprint density at radius 2 is 1.79 bits per heavy atom. The van der Waals surface area contributed by atoms with Crippen molar-refractivity contribution in [2.24, 2.45) is 5.92 Å². The summed E-state index contributed by atoms with van der Waals surface area (Å²) in [7, 11) is -4.14. The molecule has 0 spiro atoms. The molecule has 0 unspecified atom stereocenters. The van der Waals surface area contributed by atoms with Crippen molar-refractivity contribution in [1.29, 1.82) is 0 Å². The number of hydrogen-bond acceptors (Lipinski definition) is 10. The van der Waals surface area contributed by atoms with E-state index in [4.69, 9.17) is 5.73 Å². The van der Waals surface area contributed by atoms with E-state index in [1.807, 2.05) is 44.2 Å². The van der Waals surface area contributed by atoms with Gasteiger partial charge in [-0.05, 0) is 30.0 Å². The van der Waals surface area contributed by atoms with E-state index < -0.39 is 33.0 Å². The van der Waals surface area contributed by atoms with Crippen LogP contribution in [0.5, 0.6) is 0 Å². The molecular formula is C27H32N8O6S. The summed E-state index contributed by atoms with van der Waals surface area (Å²) in [6.45, 7) is 3.23. The van der Waals surface area contributed by atoms with Crippen molar-refractivity contribution in [2.45, 2.75) is 43.9 Å². The fraction of sp³-hybridized carbons (Fsp3) is 0.333. The van der Waals surface area contributed by atoms with Crippen LogP contribution in [0.3, 0.4) is 0 Å². The van der Waals surface area contributed by atoms with Gasteiger partial charge in [-0.1, -0.05) is 44.2 Å². The van der Waals surface area contributed by atoms with Gasteiger partial charge in [0.05, 0.1) is 28.3 Å². The number of nitrogen functional groups attached to an aromatic ring is 1. The molecule has 4 N–H and O–H groups in total. The van der Waals surface area contributed by atoms with Gasteiger partial charge in [0.1, 0.15) is 18.4 Å². The highest BCUT2D eigenvalue weighted by Gasteiger charge is 2.31. The van der Waals surface area contributed by atoms with E-state index in [1.54, 1.807) is 0 Å². The molecule has 14 nitrogen and oxygen atoms in total. The Balaban J connectivity index is 1.57. The van der Waals surface area contributed by atoms with Gasteiger partial charge in [0, 0.05) is 25.2 Å². The van der Waals surface area contributed by atoms with Crippen LogP contribution in [-0.4, -0.2) is 73.4 Å². The third kappa shape index (κ3) is 7.23. The monoisotopic (exact) mass is 596 g/mol. The van der Waals surface area contributed by atoms with Crippen LogP contribution in [0.4, 0.5) is 11.5 Å². The summed E-state index contributed by atoms with van der Waals surface area (Å²) in [6, 6.07) is 12.9. The van der Waals surface area contributed by atoms with Gasteiger partial charge in [0.15, 0.2) is 11.5 Å². The van der Waals surface area contributed by atoms with E-state index in [-0.39, 0.29) is 48.4 Å². The van der Waals surface area contributed by atoms with Gasteiger partial charge in [-0.15, -0.1) is 0 Å². The Bertz CT molecular complexity index is 1640. The zero-order valence-electron chi connectivity index (χ0n) is 23.1. The van der Waals surface area contributed by atoms with Crippen molar-refractivity contribution < 1.29 is 23.2 Å². The van der Waals surface area contributed by atoms with Crippen LogP contribution in [0.25, 0.3) is 11.2 Å². The number of anilines is 1. The van der Waals surface area contributed by atoms with E-state index in [2.05, 4.69) is 20.3 Å². The van der Waals surface area contributed by atoms with Crippen molar-refractivity contribution in [3.63, 3.8) is 0 Å². The number of fused-ring (bicyclic) bond motifs is 1. The number of rotatable bonds is 13. The first kappa shape index (κ1) is 30.5. The van der Waals surface area contributed by atoms with E-state index >= 15 is 0 Å². The summed E-state index contributed by atoms with van der Waals surface area (Å²) < 4.78 is 29.8. The molecular weight excluding hydrogens is 564 g/mol. The van der Waals surface area contributed by atoms with E-state index in [1.165, 1.54) is 29.4 Å². The number of carbonyl (C=O) groups excluding carboxylic acids is 1.